The molecule has 3 nitrogen and oxygen atoms in total. The van der Waals surface area contributed by atoms with Gasteiger partial charge < -0.3 is 5.73 Å². The zero-order valence-electron chi connectivity index (χ0n) is 10.3. The van der Waals surface area contributed by atoms with E-state index in [1.807, 2.05) is 30.3 Å². The average molecular weight is 232 g/mol. The first kappa shape index (κ1) is 12.3. The first-order chi connectivity index (χ1) is 8.16. The lowest BCUT2D eigenvalue weighted by molar-refractivity contribution is 0.0842. The Morgan fingerprint density at radius 2 is 2.06 bits per heavy atom. The van der Waals surface area contributed by atoms with Gasteiger partial charge in [0, 0.05) is 24.2 Å². The summed E-state index contributed by atoms with van der Waals surface area (Å²) in [6.45, 7) is 3.49. The van der Waals surface area contributed by atoms with Crippen LogP contribution in [0.4, 0.5) is 0 Å². The molecular formula is C14H20N2O. The molecule has 0 aromatic heterocycles. The highest BCUT2D eigenvalue weighted by Gasteiger charge is 2.24. The van der Waals surface area contributed by atoms with Crippen LogP contribution in [-0.2, 0) is 0 Å². The van der Waals surface area contributed by atoms with Crippen LogP contribution in [0.1, 0.15) is 30.1 Å². The summed E-state index contributed by atoms with van der Waals surface area (Å²) in [5.74, 6) is 0.187. The van der Waals surface area contributed by atoms with Crippen LogP contribution in [0, 0.1) is 0 Å². The summed E-state index contributed by atoms with van der Waals surface area (Å²) in [5.41, 5.74) is 6.74. The number of hydrogen-bond acceptors (Lipinski definition) is 3. The maximum Gasteiger partial charge on any atom is 0.176 e. The maximum atomic E-state index is 12.1. The van der Waals surface area contributed by atoms with Gasteiger partial charge in [-0.2, -0.15) is 0 Å². The molecule has 0 amide bonds. The second kappa shape index (κ2) is 5.43. The molecule has 0 bridgehead atoms. The van der Waals surface area contributed by atoms with Crippen LogP contribution in [0.5, 0.6) is 0 Å². The molecule has 1 fully saturated rings. The summed E-state index contributed by atoms with van der Waals surface area (Å²) in [4.78, 5) is 14.3. The van der Waals surface area contributed by atoms with Crippen LogP contribution in [0.15, 0.2) is 30.3 Å². The van der Waals surface area contributed by atoms with Gasteiger partial charge in [0.15, 0.2) is 5.78 Å². The monoisotopic (exact) mass is 232 g/mol. The van der Waals surface area contributed by atoms with E-state index < -0.39 is 0 Å². The maximum absolute atomic E-state index is 12.1. The van der Waals surface area contributed by atoms with Gasteiger partial charge in [-0.25, -0.2) is 0 Å². The minimum Gasteiger partial charge on any atom is -0.327 e. The standard InChI is InChI=1S/C14H20N2O/c1-11-7-8-13(15)9-16(11)10-14(17)12-5-3-2-4-6-12/h2-6,11,13H,7-10,15H2,1H3. The van der Waals surface area contributed by atoms with Crippen molar-refractivity contribution in [2.24, 2.45) is 5.73 Å². The van der Waals surface area contributed by atoms with Crippen LogP contribution >= 0.6 is 0 Å². The van der Waals surface area contributed by atoms with Crippen molar-refractivity contribution in [2.45, 2.75) is 31.8 Å². The first-order valence-electron chi connectivity index (χ1n) is 6.24. The third kappa shape index (κ3) is 3.14. The molecule has 2 rings (SSSR count). The van der Waals surface area contributed by atoms with E-state index in [1.54, 1.807) is 0 Å². The molecule has 2 atom stereocenters. The molecule has 3 heteroatoms. The first-order valence-corrected chi connectivity index (χ1v) is 6.24. The Morgan fingerprint density at radius 3 is 2.76 bits per heavy atom. The summed E-state index contributed by atoms with van der Waals surface area (Å²) < 4.78 is 0. The Labute approximate surface area is 103 Å². The molecule has 1 saturated heterocycles. The molecule has 17 heavy (non-hydrogen) atoms. The van der Waals surface area contributed by atoms with Gasteiger partial charge in [-0.15, -0.1) is 0 Å². The number of likely N-dealkylation sites (tertiary alicyclic amines) is 1. The molecular weight excluding hydrogens is 212 g/mol. The number of Topliss-reactive ketones (excluding diaryl/α,β-unsaturated/α-hetero) is 1. The molecule has 1 aromatic rings. The van der Waals surface area contributed by atoms with E-state index in [4.69, 9.17) is 5.73 Å². The third-order valence-electron chi connectivity index (χ3n) is 3.49. The number of nitrogens with two attached hydrogens (primary N) is 1. The summed E-state index contributed by atoms with van der Waals surface area (Å²) >= 11 is 0. The van der Waals surface area contributed by atoms with E-state index in [-0.39, 0.29) is 11.8 Å². The van der Waals surface area contributed by atoms with E-state index >= 15 is 0 Å². The lowest BCUT2D eigenvalue weighted by Crippen LogP contribution is -2.49. The number of benzene rings is 1. The van der Waals surface area contributed by atoms with E-state index in [1.165, 1.54) is 0 Å². The van der Waals surface area contributed by atoms with Gasteiger partial charge in [0.1, 0.15) is 0 Å². The molecule has 2 unspecified atom stereocenters. The number of piperidine rings is 1. The van der Waals surface area contributed by atoms with Crippen molar-refractivity contribution in [3.05, 3.63) is 35.9 Å². The number of ketones is 1. The number of carbonyl (C=O) groups excluding carboxylic acids is 1. The van der Waals surface area contributed by atoms with Gasteiger partial charge in [0.05, 0.1) is 6.54 Å². The highest BCUT2D eigenvalue weighted by molar-refractivity contribution is 5.97. The summed E-state index contributed by atoms with van der Waals surface area (Å²) in [6, 6.07) is 10.2. The van der Waals surface area contributed by atoms with Crippen molar-refractivity contribution >= 4 is 5.78 Å². The topological polar surface area (TPSA) is 46.3 Å². The fourth-order valence-electron chi connectivity index (χ4n) is 2.33. The van der Waals surface area contributed by atoms with Crippen molar-refractivity contribution in [2.75, 3.05) is 13.1 Å². The van der Waals surface area contributed by atoms with Crippen LogP contribution in [0.3, 0.4) is 0 Å². The lowest BCUT2D eigenvalue weighted by atomic mass is 9.99. The molecule has 0 saturated carbocycles. The molecule has 92 valence electrons. The van der Waals surface area contributed by atoms with Gasteiger partial charge >= 0.3 is 0 Å². The fraction of sp³-hybridized carbons (Fsp3) is 0.500. The van der Waals surface area contributed by atoms with Gasteiger partial charge in [-0.05, 0) is 19.8 Å². The molecule has 0 radical (unpaired) electrons. The second-order valence-electron chi connectivity index (χ2n) is 4.91. The molecule has 0 aliphatic carbocycles. The van der Waals surface area contributed by atoms with E-state index in [0.717, 1.165) is 24.9 Å². The quantitative estimate of drug-likeness (QED) is 0.807. The largest absolute Gasteiger partial charge is 0.327 e. The second-order valence-corrected chi connectivity index (χ2v) is 4.91. The number of carbonyl (C=O) groups is 1. The Kier molecular flexibility index (Phi) is 3.92. The van der Waals surface area contributed by atoms with Crippen LogP contribution in [-0.4, -0.2) is 35.9 Å². The fourth-order valence-corrected chi connectivity index (χ4v) is 2.33. The average Bonchev–Trinajstić information content (AvgIpc) is 2.35. The van der Waals surface area contributed by atoms with Crippen molar-refractivity contribution in [3.63, 3.8) is 0 Å². The van der Waals surface area contributed by atoms with Gasteiger partial charge in [0.25, 0.3) is 0 Å². The minimum atomic E-state index is 0.187. The van der Waals surface area contributed by atoms with E-state index in [0.29, 0.717) is 12.6 Å². The predicted molar refractivity (Wildman–Crippen MR) is 69.0 cm³/mol. The molecule has 1 aliphatic rings. The van der Waals surface area contributed by atoms with E-state index in [2.05, 4.69) is 11.8 Å². The normalized spacial score (nSPS) is 25.8. The minimum absolute atomic E-state index is 0.187. The highest BCUT2D eigenvalue weighted by Crippen LogP contribution is 2.16. The smallest absolute Gasteiger partial charge is 0.176 e. The number of nitrogens with zero attached hydrogens (tertiary/aromatic N) is 1. The summed E-state index contributed by atoms with van der Waals surface area (Å²) in [5, 5.41) is 0. The molecule has 1 aromatic carbocycles. The zero-order valence-corrected chi connectivity index (χ0v) is 10.3. The Hall–Kier alpha value is -1.19. The van der Waals surface area contributed by atoms with Crippen molar-refractivity contribution in [1.82, 2.24) is 4.90 Å². The van der Waals surface area contributed by atoms with Gasteiger partial charge in [0.2, 0.25) is 0 Å². The van der Waals surface area contributed by atoms with Crippen LogP contribution in [0.25, 0.3) is 0 Å². The van der Waals surface area contributed by atoms with Crippen molar-refractivity contribution in [3.8, 4) is 0 Å². The van der Waals surface area contributed by atoms with Crippen LogP contribution in [0.2, 0.25) is 0 Å². The van der Waals surface area contributed by atoms with Crippen molar-refractivity contribution < 1.29 is 4.79 Å². The summed E-state index contributed by atoms with van der Waals surface area (Å²) in [7, 11) is 0. The molecule has 0 spiro atoms. The van der Waals surface area contributed by atoms with Gasteiger partial charge in [-0.1, -0.05) is 30.3 Å². The van der Waals surface area contributed by atoms with Crippen LogP contribution < -0.4 is 5.73 Å². The molecule has 2 N–H and O–H groups in total. The van der Waals surface area contributed by atoms with Crippen molar-refractivity contribution in [1.29, 1.82) is 0 Å². The van der Waals surface area contributed by atoms with E-state index in [9.17, 15) is 4.79 Å². The SMILES string of the molecule is CC1CCC(N)CN1CC(=O)c1ccccc1. The number of hydrogen-bond donors (Lipinski definition) is 1. The predicted octanol–water partition coefficient (Wildman–Crippen LogP) is 1.68. The Balaban J connectivity index is 1.98. The Morgan fingerprint density at radius 1 is 1.35 bits per heavy atom. The number of rotatable bonds is 3. The highest BCUT2D eigenvalue weighted by atomic mass is 16.1. The molecule has 1 aliphatic heterocycles. The molecule has 1 heterocycles. The zero-order chi connectivity index (χ0) is 12.3. The Bertz CT molecular complexity index is 377. The lowest BCUT2D eigenvalue weighted by Gasteiger charge is -2.36. The summed E-state index contributed by atoms with van der Waals surface area (Å²) in [6.07, 6.45) is 2.15. The van der Waals surface area contributed by atoms with Gasteiger partial charge in [-0.3, -0.25) is 9.69 Å². The third-order valence-corrected chi connectivity index (χ3v) is 3.49.